The Bertz CT molecular complexity index is 396. The number of benzene rings is 1. The van der Waals surface area contributed by atoms with Crippen LogP contribution in [0.4, 0.5) is 5.69 Å². The second-order valence-electron chi connectivity index (χ2n) is 3.69. The largest absolute Gasteiger partial charge is 0.468 e. The van der Waals surface area contributed by atoms with Crippen molar-refractivity contribution in [2.75, 3.05) is 12.8 Å². The van der Waals surface area contributed by atoms with Crippen LogP contribution in [0.5, 0.6) is 0 Å². The second kappa shape index (κ2) is 5.18. The number of nitrogen functional groups attached to an aromatic ring is 1. The van der Waals surface area contributed by atoms with Gasteiger partial charge in [-0.2, -0.15) is 0 Å². The molecule has 0 aromatic heterocycles. The number of nitrogens with two attached hydrogens (primary N) is 1. The predicted octanol–water partition coefficient (Wildman–Crippen LogP) is 0.878. The van der Waals surface area contributed by atoms with Gasteiger partial charge in [0.05, 0.1) is 7.11 Å². The van der Waals surface area contributed by atoms with E-state index in [1.165, 1.54) is 12.7 Å². The number of carbonyl (C=O) groups is 1. The smallest absolute Gasteiger partial charge is 0.323 e. The Hall–Kier alpha value is -1.26. The number of hydrogen-bond acceptors (Lipinski definition) is 4. The maximum Gasteiger partial charge on any atom is 0.323 e. The van der Waals surface area contributed by atoms with Crippen LogP contribution in [0.15, 0.2) is 18.2 Å². The molecule has 1 aliphatic heterocycles. The topological polar surface area (TPSA) is 64.3 Å². The lowest BCUT2D eigenvalue weighted by molar-refractivity contribution is -0.143. The van der Waals surface area contributed by atoms with Crippen molar-refractivity contribution in [3.05, 3.63) is 29.3 Å². The van der Waals surface area contributed by atoms with Crippen molar-refractivity contribution in [1.82, 2.24) is 5.32 Å². The summed E-state index contributed by atoms with van der Waals surface area (Å²) in [4.78, 5) is 11.3. The van der Waals surface area contributed by atoms with E-state index in [2.05, 4.69) is 5.32 Å². The number of rotatable bonds is 1. The number of hydrogen-bond donors (Lipinski definition) is 2. The van der Waals surface area contributed by atoms with Crippen LogP contribution in [0.3, 0.4) is 0 Å². The van der Waals surface area contributed by atoms with Gasteiger partial charge in [-0.25, -0.2) is 0 Å². The third kappa shape index (κ3) is 2.46. The van der Waals surface area contributed by atoms with E-state index in [9.17, 15) is 4.79 Å². The molecular weight excluding hydrogens is 228 g/mol. The minimum absolute atomic E-state index is 0. The fourth-order valence-corrected chi connectivity index (χ4v) is 1.84. The number of ether oxygens (including phenoxy) is 1. The fourth-order valence-electron chi connectivity index (χ4n) is 1.84. The summed E-state index contributed by atoms with van der Waals surface area (Å²) >= 11 is 0. The monoisotopic (exact) mass is 242 g/mol. The van der Waals surface area contributed by atoms with Gasteiger partial charge in [-0.3, -0.25) is 4.79 Å². The van der Waals surface area contributed by atoms with Crippen molar-refractivity contribution in [3.63, 3.8) is 0 Å². The Kier molecular flexibility index (Phi) is 4.15. The van der Waals surface area contributed by atoms with Gasteiger partial charge in [-0.1, -0.05) is 6.07 Å². The third-order valence-electron chi connectivity index (χ3n) is 2.68. The summed E-state index contributed by atoms with van der Waals surface area (Å²) in [6.45, 7) is 0.667. The van der Waals surface area contributed by atoms with Crippen molar-refractivity contribution in [2.45, 2.75) is 19.0 Å². The standard InChI is InChI=1S/C11H14N2O2.ClH/c1-15-11(14)10-5-7-2-3-9(12)4-8(7)6-13-10;/h2-4,10,13H,5-6,12H2,1H3;1H. The molecule has 1 aromatic rings. The van der Waals surface area contributed by atoms with E-state index in [0.29, 0.717) is 13.0 Å². The van der Waals surface area contributed by atoms with E-state index >= 15 is 0 Å². The van der Waals surface area contributed by atoms with E-state index < -0.39 is 0 Å². The van der Waals surface area contributed by atoms with Crippen molar-refractivity contribution >= 4 is 24.1 Å². The average molecular weight is 243 g/mol. The molecule has 0 aliphatic carbocycles. The van der Waals surface area contributed by atoms with Gasteiger partial charge in [0.25, 0.3) is 0 Å². The molecule has 5 heteroatoms. The molecule has 0 radical (unpaired) electrons. The van der Waals surface area contributed by atoms with Crippen molar-refractivity contribution in [1.29, 1.82) is 0 Å². The van der Waals surface area contributed by atoms with Crippen LogP contribution in [-0.4, -0.2) is 19.1 Å². The zero-order valence-electron chi connectivity index (χ0n) is 9.03. The van der Waals surface area contributed by atoms with Crippen LogP contribution < -0.4 is 11.1 Å². The van der Waals surface area contributed by atoms with Gasteiger partial charge in [0, 0.05) is 12.2 Å². The summed E-state index contributed by atoms with van der Waals surface area (Å²) in [6.07, 6.45) is 0.669. The molecule has 0 spiro atoms. The van der Waals surface area contributed by atoms with E-state index in [1.54, 1.807) is 0 Å². The van der Waals surface area contributed by atoms with E-state index in [-0.39, 0.29) is 24.4 Å². The highest BCUT2D eigenvalue weighted by atomic mass is 35.5. The third-order valence-corrected chi connectivity index (χ3v) is 2.68. The Morgan fingerprint density at radius 1 is 1.50 bits per heavy atom. The minimum atomic E-state index is -0.230. The molecular formula is C11H15ClN2O2. The van der Waals surface area contributed by atoms with Crippen LogP contribution in [-0.2, 0) is 22.5 Å². The first-order chi connectivity index (χ1) is 7.20. The molecule has 2 rings (SSSR count). The summed E-state index contributed by atoms with van der Waals surface area (Å²) in [5.74, 6) is -0.211. The Labute approximate surface area is 101 Å². The Morgan fingerprint density at radius 3 is 2.94 bits per heavy atom. The molecule has 88 valence electrons. The zero-order chi connectivity index (χ0) is 10.8. The molecule has 1 aliphatic rings. The van der Waals surface area contributed by atoms with E-state index in [0.717, 1.165) is 11.3 Å². The molecule has 1 atom stereocenters. The quantitative estimate of drug-likeness (QED) is 0.567. The number of esters is 1. The SMILES string of the molecule is COC(=O)C1Cc2ccc(N)cc2CN1.Cl. The maximum absolute atomic E-state index is 11.3. The number of fused-ring (bicyclic) bond motifs is 1. The van der Waals surface area contributed by atoms with Gasteiger partial charge >= 0.3 is 5.97 Å². The van der Waals surface area contributed by atoms with Gasteiger partial charge in [-0.15, -0.1) is 12.4 Å². The molecule has 0 saturated carbocycles. The van der Waals surface area contributed by atoms with Gasteiger partial charge in [-0.05, 0) is 29.7 Å². The Balaban J connectivity index is 0.00000128. The minimum Gasteiger partial charge on any atom is -0.468 e. The van der Waals surface area contributed by atoms with E-state index in [4.69, 9.17) is 10.5 Å². The predicted molar refractivity (Wildman–Crippen MR) is 64.5 cm³/mol. The summed E-state index contributed by atoms with van der Waals surface area (Å²) in [6, 6.07) is 5.54. The van der Waals surface area contributed by atoms with Crippen LogP contribution >= 0.6 is 12.4 Å². The summed E-state index contributed by atoms with van der Waals surface area (Å²) in [5.41, 5.74) is 8.77. The first kappa shape index (κ1) is 12.8. The van der Waals surface area contributed by atoms with Crippen LogP contribution in [0.1, 0.15) is 11.1 Å². The lowest BCUT2D eigenvalue weighted by Gasteiger charge is -2.24. The molecule has 0 saturated heterocycles. The van der Waals surface area contributed by atoms with Crippen molar-refractivity contribution in [3.8, 4) is 0 Å². The summed E-state index contributed by atoms with van der Waals surface area (Å²) < 4.78 is 4.70. The van der Waals surface area contributed by atoms with Crippen LogP contribution in [0.25, 0.3) is 0 Å². The molecule has 0 fully saturated rings. The lowest BCUT2D eigenvalue weighted by Crippen LogP contribution is -2.42. The van der Waals surface area contributed by atoms with E-state index in [1.807, 2.05) is 18.2 Å². The number of nitrogens with one attached hydrogen (secondary N) is 1. The van der Waals surface area contributed by atoms with Crippen molar-refractivity contribution in [2.24, 2.45) is 0 Å². The van der Waals surface area contributed by atoms with Gasteiger partial charge in [0.2, 0.25) is 0 Å². The summed E-state index contributed by atoms with van der Waals surface area (Å²) in [7, 11) is 1.41. The zero-order valence-corrected chi connectivity index (χ0v) is 9.84. The number of methoxy groups -OCH3 is 1. The Morgan fingerprint density at radius 2 is 2.25 bits per heavy atom. The molecule has 1 unspecified atom stereocenters. The molecule has 0 amide bonds. The maximum atomic E-state index is 11.3. The normalized spacial score (nSPS) is 18.2. The fraction of sp³-hybridized carbons (Fsp3) is 0.364. The van der Waals surface area contributed by atoms with Gasteiger partial charge in [0.1, 0.15) is 6.04 Å². The first-order valence-electron chi connectivity index (χ1n) is 4.89. The molecule has 4 nitrogen and oxygen atoms in total. The second-order valence-corrected chi connectivity index (χ2v) is 3.69. The highest BCUT2D eigenvalue weighted by Gasteiger charge is 2.24. The van der Waals surface area contributed by atoms with Crippen molar-refractivity contribution < 1.29 is 9.53 Å². The molecule has 3 N–H and O–H groups in total. The molecule has 16 heavy (non-hydrogen) atoms. The summed E-state index contributed by atoms with van der Waals surface area (Å²) in [5, 5.41) is 3.12. The van der Waals surface area contributed by atoms with Gasteiger partial charge < -0.3 is 15.8 Å². The average Bonchev–Trinajstić information content (AvgIpc) is 2.27. The molecule has 0 bridgehead atoms. The number of halogens is 1. The number of anilines is 1. The molecule has 1 heterocycles. The highest BCUT2D eigenvalue weighted by Crippen LogP contribution is 2.19. The first-order valence-corrected chi connectivity index (χ1v) is 4.89. The number of carbonyl (C=O) groups excluding carboxylic acids is 1. The lowest BCUT2D eigenvalue weighted by atomic mass is 9.95. The highest BCUT2D eigenvalue weighted by molar-refractivity contribution is 5.85. The van der Waals surface area contributed by atoms with Crippen LogP contribution in [0, 0.1) is 0 Å². The van der Waals surface area contributed by atoms with Gasteiger partial charge in [0.15, 0.2) is 0 Å². The molecule has 1 aromatic carbocycles. The van der Waals surface area contributed by atoms with Crippen LogP contribution in [0.2, 0.25) is 0 Å².